The van der Waals surface area contributed by atoms with Gasteiger partial charge in [-0.15, -0.1) is 0 Å². The van der Waals surface area contributed by atoms with E-state index in [1.54, 1.807) is 35.9 Å². The Hall–Kier alpha value is -5.28. The molecule has 0 saturated carbocycles. The number of hydrogen-bond donors (Lipinski definition) is 3. The molecular formula is C36H28F3N3O3. The van der Waals surface area contributed by atoms with Crippen molar-refractivity contribution in [2.75, 3.05) is 0 Å². The molecule has 0 aliphatic heterocycles. The second-order valence-corrected chi connectivity index (χ2v) is 10.9. The summed E-state index contributed by atoms with van der Waals surface area (Å²) in [5.41, 5.74) is 4.52. The van der Waals surface area contributed by atoms with Gasteiger partial charge in [-0.1, -0.05) is 60.7 Å². The van der Waals surface area contributed by atoms with Crippen LogP contribution >= 0.6 is 0 Å². The molecular weight excluding hydrogens is 579 g/mol. The first-order chi connectivity index (χ1) is 21.7. The van der Waals surface area contributed by atoms with Crippen LogP contribution < -0.4 is 10.8 Å². The smallest absolute Gasteiger partial charge is 0.349 e. The van der Waals surface area contributed by atoms with Gasteiger partial charge in [0, 0.05) is 28.8 Å². The summed E-state index contributed by atoms with van der Waals surface area (Å²) in [6.07, 6.45) is -0.534. The molecule has 5 aromatic carbocycles. The van der Waals surface area contributed by atoms with Crippen molar-refractivity contribution in [3.05, 3.63) is 137 Å². The van der Waals surface area contributed by atoms with Gasteiger partial charge in [-0.05, 0) is 94.4 Å². The standard InChI is InChI=1S/C26H20F3NO.C10H8N2O2/c27-26(28,29)19-6-3-5-18(14-19)25(31)30-20-11-8-17-10-12-22-21-7-2-1-4-16(21)9-13-23(22)24(17)15-20;13-10(12-14)8-3-4-9-7(6-8)2-1-5-11-9/h1-7,9-10,12-14,20H,8,11,15H2,(H,30,31);1-6,14H,(H,12,13). The average molecular weight is 608 g/mol. The van der Waals surface area contributed by atoms with E-state index in [-0.39, 0.29) is 11.6 Å². The molecule has 226 valence electrons. The number of rotatable bonds is 3. The van der Waals surface area contributed by atoms with Gasteiger partial charge in [0.05, 0.1) is 11.1 Å². The predicted octanol–water partition coefficient (Wildman–Crippen LogP) is 7.65. The summed E-state index contributed by atoms with van der Waals surface area (Å²) in [5.74, 6) is -0.985. The molecule has 1 aliphatic carbocycles. The largest absolute Gasteiger partial charge is 0.416 e. The number of aryl methyl sites for hydroxylation is 1. The minimum Gasteiger partial charge on any atom is -0.349 e. The third-order valence-corrected chi connectivity index (χ3v) is 8.10. The summed E-state index contributed by atoms with van der Waals surface area (Å²) in [5, 5.41) is 17.0. The number of benzene rings is 5. The first-order valence-corrected chi connectivity index (χ1v) is 14.4. The van der Waals surface area contributed by atoms with Crippen LogP contribution in [0.15, 0.2) is 109 Å². The summed E-state index contributed by atoms with van der Waals surface area (Å²) in [6, 6.07) is 30.0. The first kappa shape index (κ1) is 29.8. The maximum Gasteiger partial charge on any atom is 0.416 e. The number of aromatic nitrogens is 1. The molecule has 0 fully saturated rings. The van der Waals surface area contributed by atoms with Gasteiger partial charge in [-0.2, -0.15) is 13.2 Å². The lowest BCUT2D eigenvalue weighted by Gasteiger charge is -2.27. The van der Waals surface area contributed by atoms with Gasteiger partial charge in [0.2, 0.25) is 0 Å². The molecule has 9 heteroatoms. The number of fused-ring (bicyclic) bond motifs is 6. The molecule has 1 aromatic heterocycles. The van der Waals surface area contributed by atoms with E-state index in [2.05, 4.69) is 46.7 Å². The maximum absolute atomic E-state index is 13.0. The molecule has 0 bridgehead atoms. The van der Waals surface area contributed by atoms with Gasteiger partial charge in [-0.3, -0.25) is 19.8 Å². The van der Waals surface area contributed by atoms with Crippen LogP contribution in [-0.2, 0) is 19.0 Å². The Balaban J connectivity index is 0.000000213. The molecule has 45 heavy (non-hydrogen) atoms. The lowest BCUT2D eigenvalue weighted by Crippen LogP contribution is -2.39. The Morgan fingerprint density at radius 3 is 2.36 bits per heavy atom. The van der Waals surface area contributed by atoms with Crippen molar-refractivity contribution in [1.29, 1.82) is 0 Å². The van der Waals surface area contributed by atoms with Crippen molar-refractivity contribution < 1.29 is 28.0 Å². The summed E-state index contributed by atoms with van der Waals surface area (Å²) in [4.78, 5) is 27.9. The lowest BCUT2D eigenvalue weighted by atomic mass is 9.84. The summed E-state index contributed by atoms with van der Waals surface area (Å²) in [6.45, 7) is 0. The van der Waals surface area contributed by atoms with Gasteiger partial charge in [0.1, 0.15) is 0 Å². The number of pyridine rings is 1. The molecule has 3 N–H and O–H groups in total. The van der Waals surface area contributed by atoms with Gasteiger partial charge in [-0.25, -0.2) is 5.48 Å². The van der Waals surface area contributed by atoms with Crippen LogP contribution in [-0.4, -0.2) is 28.0 Å². The normalized spacial score (nSPS) is 14.4. The van der Waals surface area contributed by atoms with E-state index >= 15 is 0 Å². The minimum atomic E-state index is -4.47. The van der Waals surface area contributed by atoms with E-state index in [0.717, 1.165) is 35.9 Å². The van der Waals surface area contributed by atoms with Crippen molar-refractivity contribution in [2.24, 2.45) is 0 Å². The van der Waals surface area contributed by atoms with Gasteiger partial charge in [0.25, 0.3) is 11.8 Å². The minimum absolute atomic E-state index is 0.0320. The number of nitrogens with zero attached hydrogens (tertiary/aromatic N) is 1. The van der Waals surface area contributed by atoms with E-state index in [1.165, 1.54) is 44.8 Å². The fourth-order valence-corrected chi connectivity index (χ4v) is 5.86. The Morgan fingerprint density at radius 1 is 0.756 bits per heavy atom. The van der Waals surface area contributed by atoms with Crippen LogP contribution in [0.1, 0.15) is 43.8 Å². The van der Waals surface area contributed by atoms with Gasteiger partial charge in [0.15, 0.2) is 0 Å². The molecule has 0 spiro atoms. The predicted molar refractivity (Wildman–Crippen MR) is 167 cm³/mol. The van der Waals surface area contributed by atoms with E-state index in [4.69, 9.17) is 5.21 Å². The third kappa shape index (κ3) is 6.34. The fraction of sp³-hybridized carbons (Fsp3) is 0.139. The zero-order valence-corrected chi connectivity index (χ0v) is 23.9. The van der Waals surface area contributed by atoms with E-state index < -0.39 is 23.6 Å². The zero-order valence-electron chi connectivity index (χ0n) is 23.9. The van der Waals surface area contributed by atoms with Crippen molar-refractivity contribution in [3.8, 4) is 0 Å². The Kier molecular flexibility index (Phi) is 8.19. The third-order valence-electron chi connectivity index (χ3n) is 8.10. The van der Waals surface area contributed by atoms with E-state index in [9.17, 15) is 22.8 Å². The van der Waals surface area contributed by atoms with E-state index in [0.29, 0.717) is 12.0 Å². The van der Waals surface area contributed by atoms with Crippen LogP contribution in [0.3, 0.4) is 0 Å². The second kappa shape index (κ2) is 12.4. The molecule has 1 atom stereocenters. The molecule has 2 amide bonds. The molecule has 0 radical (unpaired) electrons. The van der Waals surface area contributed by atoms with Crippen molar-refractivity contribution in [1.82, 2.24) is 15.8 Å². The molecule has 0 saturated heterocycles. The molecule has 6 nitrogen and oxygen atoms in total. The van der Waals surface area contributed by atoms with Crippen LogP contribution in [0, 0.1) is 0 Å². The monoisotopic (exact) mass is 607 g/mol. The molecule has 7 rings (SSSR count). The highest BCUT2D eigenvalue weighted by Gasteiger charge is 2.31. The highest BCUT2D eigenvalue weighted by atomic mass is 19.4. The maximum atomic E-state index is 13.0. The van der Waals surface area contributed by atoms with Crippen molar-refractivity contribution >= 4 is 44.3 Å². The summed E-state index contributed by atoms with van der Waals surface area (Å²) in [7, 11) is 0. The number of hydrogen-bond acceptors (Lipinski definition) is 4. The van der Waals surface area contributed by atoms with E-state index in [1.807, 2.05) is 18.2 Å². The van der Waals surface area contributed by atoms with Crippen molar-refractivity contribution in [2.45, 2.75) is 31.5 Å². The Morgan fingerprint density at radius 2 is 1.53 bits per heavy atom. The Labute approximate surface area is 256 Å². The highest BCUT2D eigenvalue weighted by Crippen LogP contribution is 2.34. The summed E-state index contributed by atoms with van der Waals surface area (Å²) >= 11 is 0. The van der Waals surface area contributed by atoms with Gasteiger partial charge < -0.3 is 5.32 Å². The molecule has 6 aromatic rings. The number of amides is 2. The number of alkyl halides is 3. The molecule has 1 aliphatic rings. The van der Waals surface area contributed by atoms with Crippen LogP contribution in [0.4, 0.5) is 13.2 Å². The quantitative estimate of drug-likeness (QED) is 0.110. The number of carbonyl (C=O) groups excluding carboxylic acids is 2. The van der Waals surface area contributed by atoms with Gasteiger partial charge >= 0.3 is 6.18 Å². The topological polar surface area (TPSA) is 91.3 Å². The first-order valence-electron chi connectivity index (χ1n) is 14.4. The zero-order chi connectivity index (χ0) is 31.6. The van der Waals surface area contributed by atoms with Crippen LogP contribution in [0.25, 0.3) is 32.4 Å². The SMILES string of the molecule is O=C(NC1CCc2ccc3c(ccc4ccccc43)c2C1)c1cccc(C(F)(F)F)c1.O=C(NO)c1ccc2ncccc2c1. The Bertz CT molecular complexity index is 2060. The van der Waals surface area contributed by atoms with Crippen LogP contribution in [0.5, 0.6) is 0 Å². The number of hydroxylamine groups is 1. The summed E-state index contributed by atoms with van der Waals surface area (Å²) < 4.78 is 38.9. The molecule has 1 heterocycles. The number of nitrogens with one attached hydrogen (secondary N) is 2. The van der Waals surface area contributed by atoms with Crippen LogP contribution in [0.2, 0.25) is 0 Å². The second-order valence-electron chi connectivity index (χ2n) is 10.9. The number of carbonyl (C=O) groups is 2. The fourth-order valence-electron chi connectivity index (χ4n) is 5.86. The highest BCUT2D eigenvalue weighted by molar-refractivity contribution is 6.08. The lowest BCUT2D eigenvalue weighted by molar-refractivity contribution is -0.137. The van der Waals surface area contributed by atoms with Crippen molar-refractivity contribution in [3.63, 3.8) is 0 Å². The number of halogens is 3. The molecule has 1 unspecified atom stereocenters. The average Bonchev–Trinajstić information content (AvgIpc) is 3.07.